The second kappa shape index (κ2) is 5.05. The summed E-state index contributed by atoms with van der Waals surface area (Å²) in [5, 5.41) is 0.757. The van der Waals surface area contributed by atoms with E-state index in [9.17, 15) is 13.2 Å². The maximum absolute atomic E-state index is 12.5. The van der Waals surface area contributed by atoms with Crippen molar-refractivity contribution in [2.24, 2.45) is 5.73 Å². The number of nitrogens with zero attached hydrogens (tertiary/aromatic N) is 1. The summed E-state index contributed by atoms with van der Waals surface area (Å²) in [6.45, 7) is 0. The molecule has 0 aliphatic rings. The van der Waals surface area contributed by atoms with Crippen molar-refractivity contribution in [3.63, 3.8) is 0 Å². The van der Waals surface area contributed by atoms with Crippen molar-refractivity contribution in [3.8, 4) is 5.88 Å². The minimum atomic E-state index is -4.43. The van der Waals surface area contributed by atoms with Crippen LogP contribution in [0.5, 0.6) is 5.88 Å². The number of halogens is 3. The van der Waals surface area contributed by atoms with Crippen LogP contribution in [0.1, 0.15) is 5.56 Å². The van der Waals surface area contributed by atoms with Gasteiger partial charge in [-0.05, 0) is 12.1 Å². The molecule has 0 spiro atoms. The van der Waals surface area contributed by atoms with E-state index in [1.807, 2.05) is 0 Å². The van der Waals surface area contributed by atoms with Gasteiger partial charge in [0.25, 0.3) is 0 Å². The summed E-state index contributed by atoms with van der Waals surface area (Å²) in [7, 11) is 1.37. The number of methoxy groups -OCH3 is 1. The minimum absolute atomic E-state index is 0.179. The van der Waals surface area contributed by atoms with Crippen LogP contribution in [-0.4, -0.2) is 24.3 Å². The van der Waals surface area contributed by atoms with E-state index in [0.717, 1.165) is 5.39 Å². The molecule has 2 N–H and O–H groups in total. The Hall–Kier alpha value is -1.82. The van der Waals surface area contributed by atoms with Gasteiger partial charge in [0, 0.05) is 17.4 Å². The molecule has 19 heavy (non-hydrogen) atoms. The first kappa shape index (κ1) is 13.6. The highest BCUT2D eigenvalue weighted by molar-refractivity contribution is 5.80. The second-order valence-electron chi connectivity index (χ2n) is 4.20. The van der Waals surface area contributed by atoms with E-state index >= 15 is 0 Å². The Morgan fingerprint density at radius 1 is 1.32 bits per heavy atom. The molecule has 2 aromatic rings. The lowest BCUT2D eigenvalue weighted by molar-refractivity contribution is -0.147. The smallest absolute Gasteiger partial charge is 0.403 e. The molecular weight excluding hydrogens is 257 g/mol. The van der Waals surface area contributed by atoms with Crippen LogP contribution < -0.4 is 10.5 Å². The number of para-hydroxylation sites is 1. The van der Waals surface area contributed by atoms with Gasteiger partial charge >= 0.3 is 6.18 Å². The average molecular weight is 270 g/mol. The molecule has 102 valence electrons. The number of fused-ring (bicyclic) bond motifs is 1. The Morgan fingerprint density at radius 3 is 2.63 bits per heavy atom. The molecule has 6 heteroatoms. The van der Waals surface area contributed by atoms with Gasteiger partial charge in [0.2, 0.25) is 5.88 Å². The number of nitrogens with two attached hydrogens (primary N) is 1. The van der Waals surface area contributed by atoms with Crippen LogP contribution in [0.4, 0.5) is 13.2 Å². The molecule has 1 unspecified atom stereocenters. The van der Waals surface area contributed by atoms with Gasteiger partial charge < -0.3 is 10.5 Å². The van der Waals surface area contributed by atoms with Crippen LogP contribution in [0.3, 0.4) is 0 Å². The Morgan fingerprint density at radius 2 is 2.00 bits per heavy atom. The second-order valence-corrected chi connectivity index (χ2v) is 4.20. The minimum Gasteiger partial charge on any atom is -0.481 e. The maximum atomic E-state index is 12.5. The van der Waals surface area contributed by atoms with Gasteiger partial charge in [-0.3, -0.25) is 0 Å². The number of ether oxygens (including phenoxy) is 1. The third-order valence-electron chi connectivity index (χ3n) is 2.82. The molecule has 0 amide bonds. The number of hydrogen-bond donors (Lipinski definition) is 1. The van der Waals surface area contributed by atoms with Crippen molar-refractivity contribution in [3.05, 3.63) is 35.9 Å². The number of aromatic nitrogens is 1. The summed E-state index contributed by atoms with van der Waals surface area (Å²) in [4.78, 5) is 4.18. The van der Waals surface area contributed by atoms with Crippen LogP contribution in [0.25, 0.3) is 10.9 Å². The Kier molecular flexibility index (Phi) is 3.61. The maximum Gasteiger partial charge on any atom is 0.403 e. The van der Waals surface area contributed by atoms with Crippen LogP contribution >= 0.6 is 0 Å². The first-order chi connectivity index (χ1) is 8.91. The zero-order valence-electron chi connectivity index (χ0n) is 10.2. The van der Waals surface area contributed by atoms with E-state index in [4.69, 9.17) is 10.5 Å². The molecule has 1 atom stereocenters. The number of alkyl halides is 3. The molecule has 0 aliphatic carbocycles. The fourth-order valence-electron chi connectivity index (χ4n) is 1.82. The summed E-state index contributed by atoms with van der Waals surface area (Å²) < 4.78 is 42.5. The lowest BCUT2D eigenvalue weighted by Gasteiger charge is -2.17. The van der Waals surface area contributed by atoms with E-state index in [1.165, 1.54) is 7.11 Å². The fraction of sp³-hybridized carbons (Fsp3) is 0.308. The zero-order chi connectivity index (χ0) is 14.0. The predicted molar refractivity (Wildman–Crippen MR) is 66.0 cm³/mol. The van der Waals surface area contributed by atoms with Crippen molar-refractivity contribution < 1.29 is 17.9 Å². The summed E-state index contributed by atoms with van der Waals surface area (Å²) in [6.07, 6.45) is -4.79. The fourth-order valence-corrected chi connectivity index (χ4v) is 1.82. The van der Waals surface area contributed by atoms with Gasteiger partial charge in [-0.15, -0.1) is 0 Å². The van der Waals surface area contributed by atoms with Crippen molar-refractivity contribution in [2.45, 2.75) is 18.6 Å². The SMILES string of the molecule is COc1nc2ccccc2cc1CC(N)C(F)(F)F. The number of rotatable bonds is 3. The number of hydrogen-bond acceptors (Lipinski definition) is 3. The highest BCUT2D eigenvalue weighted by Crippen LogP contribution is 2.27. The molecule has 0 fully saturated rings. The largest absolute Gasteiger partial charge is 0.481 e. The highest BCUT2D eigenvalue weighted by atomic mass is 19.4. The molecule has 0 radical (unpaired) electrons. The molecule has 1 aromatic heterocycles. The van der Waals surface area contributed by atoms with Gasteiger partial charge in [-0.25, -0.2) is 4.98 Å². The molecule has 0 saturated carbocycles. The molecule has 3 nitrogen and oxygen atoms in total. The van der Waals surface area contributed by atoms with Crippen LogP contribution in [0, 0.1) is 0 Å². The summed E-state index contributed by atoms with van der Waals surface area (Å²) in [5.41, 5.74) is 6.16. The Labute approximate surface area is 108 Å². The summed E-state index contributed by atoms with van der Waals surface area (Å²) in [5.74, 6) is 0.179. The zero-order valence-corrected chi connectivity index (χ0v) is 10.2. The highest BCUT2D eigenvalue weighted by Gasteiger charge is 2.37. The lowest BCUT2D eigenvalue weighted by atomic mass is 10.1. The first-order valence-corrected chi connectivity index (χ1v) is 5.67. The van der Waals surface area contributed by atoms with Crippen molar-refractivity contribution >= 4 is 10.9 Å². The first-order valence-electron chi connectivity index (χ1n) is 5.67. The summed E-state index contributed by atoms with van der Waals surface area (Å²) >= 11 is 0. The topological polar surface area (TPSA) is 48.1 Å². The van der Waals surface area contributed by atoms with E-state index < -0.39 is 12.2 Å². The number of pyridine rings is 1. The van der Waals surface area contributed by atoms with Crippen molar-refractivity contribution in [1.82, 2.24) is 4.98 Å². The van der Waals surface area contributed by atoms with Crippen LogP contribution in [0.15, 0.2) is 30.3 Å². The molecular formula is C13H13F3N2O. The molecule has 0 aliphatic heterocycles. The predicted octanol–water partition coefficient (Wildman–Crippen LogP) is 2.68. The Balaban J connectivity index is 2.41. The van der Waals surface area contributed by atoms with E-state index in [1.54, 1.807) is 30.3 Å². The van der Waals surface area contributed by atoms with Crippen LogP contribution in [0.2, 0.25) is 0 Å². The van der Waals surface area contributed by atoms with Crippen molar-refractivity contribution in [1.29, 1.82) is 0 Å². The molecule has 0 saturated heterocycles. The third kappa shape index (κ3) is 2.96. The van der Waals surface area contributed by atoms with E-state index in [-0.39, 0.29) is 12.3 Å². The number of benzene rings is 1. The monoisotopic (exact) mass is 270 g/mol. The average Bonchev–Trinajstić information content (AvgIpc) is 2.36. The molecule has 1 aromatic carbocycles. The van der Waals surface area contributed by atoms with E-state index in [2.05, 4.69) is 4.98 Å². The van der Waals surface area contributed by atoms with Gasteiger partial charge in [0.15, 0.2) is 0 Å². The standard InChI is InChI=1S/C13H13F3N2O/c1-19-12-9(7-11(17)13(14,15)16)6-8-4-2-3-5-10(8)18-12/h2-6,11H,7,17H2,1H3. The van der Waals surface area contributed by atoms with Gasteiger partial charge in [-0.2, -0.15) is 13.2 Å². The summed E-state index contributed by atoms with van der Waals surface area (Å²) in [6, 6.07) is 6.85. The van der Waals surface area contributed by atoms with E-state index in [0.29, 0.717) is 11.1 Å². The Bertz CT molecular complexity index is 584. The van der Waals surface area contributed by atoms with Gasteiger partial charge in [-0.1, -0.05) is 18.2 Å². The molecule has 1 heterocycles. The third-order valence-corrected chi connectivity index (χ3v) is 2.82. The molecule has 0 bridgehead atoms. The quantitative estimate of drug-likeness (QED) is 0.932. The lowest BCUT2D eigenvalue weighted by Crippen LogP contribution is -2.39. The van der Waals surface area contributed by atoms with Crippen LogP contribution in [-0.2, 0) is 6.42 Å². The van der Waals surface area contributed by atoms with Crippen molar-refractivity contribution in [2.75, 3.05) is 7.11 Å². The van der Waals surface area contributed by atoms with Gasteiger partial charge in [0.1, 0.15) is 6.04 Å². The normalized spacial score (nSPS) is 13.5. The molecule has 2 rings (SSSR count). The van der Waals surface area contributed by atoms with Gasteiger partial charge in [0.05, 0.1) is 12.6 Å².